The summed E-state index contributed by atoms with van der Waals surface area (Å²) in [5, 5.41) is 32.1. The predicted octanol–water partition coefficient (Wildman–Crippen LogP) is 7.86. The Morgan fingerprint density at radius 2 is 1.16 bits per heavy atom. The van der Waals surface area contributed by atoms with Crippen molar-refractivity contribution in [3.63, 3.8) is 0 Å². The summed E-state index contributed by atoms with van der Waals surface area (Å²) in [6.45, 7) is 4.15. The van der Waals surface area contributed by atoms with Gasteiger partial charge >= 0.3 is 5.97 Å². The Labute approximate surface area is 268 Å². The molecule has 3 N–H and O–H groups in total. The summed E-state index contributed by atoms with van der Waals surface area (Å²) in [6.07, 6.45) is 25.4. The lowest BCUT2D eigenvalue weighted by molar-refractivity contribution is -0.139. The summed E-state index contributed by atoms with van der Waals surface area (Å²) in [5.41, 5.74) is 0.852. The minimum absolute atomic E-state index is 0.0617. The van der Waals surface area contributed by atoms with Gasteiger partial charge in [0.25, 0.3) is 0 Å². The number of ether oxygens (including phenoxy) is 3. The number of hydrogen-bond donors (Lipinski definition) is 3. The normalized spacial score (nSPS) is 27.4. The van der Waals surface area contributed by atoms with E-state index < -0.39 is 18.3 Å². The van der Waals surface area contributed by atoms with Crippen LogP contribution >= 0.6 is 0 Å². The molecule has 3 heterocycles. The maximum Gasteiger partial charge on any atom is 0.334 e. The van der Waals surface area contributed by atoms with Crippen molar-refractivity contribution in [2.24, 2.45) is 0 Å². The lowest BCUT2D eigenvalue weighted by atomic mass is 9.98. The molecule has 0 bridgehead atoms. The minimum atomic E-state index is -0.609. The molecule has 44 heavy (non-hydrogen) atoms. The quantitative estimate of drug-likeness (QED) is 0.0703. The number of esters is 1. The summed E-state index contributed by atoms with van der Waals surface area (Å²) in [6, 6.07) is 0. The highest BCUT2D eigenvalue weighted by atomic mass is 16.5. The number of carbonyl (C=O) groups excluding carboxylic acids is 1. The van der Waals surface area contributed by atoms with E-state index in [-0.39, 0.29) is 36.5 Å². The van der Waals surface area contributed by atoms with E-state index in [2.05, 4.69) is 6.92 Å². The molecule has 7 heteroatoms. The van der Waals surface area contributed by atoms with Gasteiger partial charge in [-0.1, -0.05) is 96.8 Å². The van der Waals surface area contributed by atoms with Gasteiger partial charge in [-0.25, -0.2) is 4.79 Å². The summed E-state index contributed by atoms with van der Waals surface area (Å²) in [7, 11) is 0. The maximum atomic E-state index is 11.7. The summed E-state index contributed by atoms with van der Waals surface area (Å²) >= 11 is 0. The van der Waals surface area contributed by atoms with Gasteiger partial charge in [0.2, 0.25) is 0 Å². The van der Waals surface area contributed by atoms with Crippen LogP contribution in [0, 0.1) is 0 Å². The third-order valence-electron chi connectivity index (χ3n) is 10.1. The van der Waals surface area contributed by atoms with E-state index in [4.69, 9.17) is 14.2 Å². The molecule has 0 unspecified atom stereocenters. The Hall–Kier alpha value is -0.990. The molecule has 0 spiro atoms. The Morgan fingerprint density at radius 3 is 1.75 bits per heavy atom. The largest absolute Gasteiger partial charge is 0.455 e. The average molecular weight is 623 g/mol. The number of aliphatic hydroxyl groups excluding tert-OH is 3. The highest BCUT2D eigenvalue weighted by molar-refractivity contribution is 5.90. The first-order valence-electron chi connectivity index (χ1n) is 18.6. The maximum absolute atomic E-state index is 11.7. The fourth-order valence-corrected chi connectivity index (χ4v) is 7.26. The topological polar surface area (TPSA) is 105 Å². The van der Waals surface area contributed by atoms with Gasteiger partial charge in [0.05, 0.1) is 42.7 Å². The van der Waals surface area contributed by atoms with Crippen LogP contribution in [0.1, 0.15) is 168 Å². The summed E-state index contributed by atoms with van der Waals surface area (Å²) < 4.78 is 17.4. The first-order chi connectivity index (χ1) is 21.4. The fraction of sp³-hybridized carbons (Fsp3) is 0.919. The van der Waals surface area contributed by atoms with Crippen molar-refractivity contribution >= 4 is 5.97 Å². The molecule has 3 aliphatic rings. The Bertz CT molecular complexity index is 801. The highest BCUT2D eigenvalue weighted by Gasteiger charge is 2.36. The summed E-state index contributed by atoms with van der Waals surface area (Å²) in [4.78, 5) is 11.7. The van der Waals surface area contributed by atoms with Crippen molar-refractivity contribution < 1.29 is 34.3 Å². The average Bonchev–Trinajstić information content (AvgIpc) is 3.76. The number of aliphatic hydroxyl groups is 3. The van der Waals surface area contributed by atoms with Gasteiger partial charge in [-0.05, 0) is 77.2 Å². The molecule has 0 aromatic rings. The molecule has 0 aromatic heterocycles. The SMILES string of the molecule is CCCCCCCCCC[C@@H](O)[C@@H]1CC[C@H]([C@H](O)CC[C@H](O)[C@H]2CC[C@@H](CCCCCCCCCC3=C[C@H](C)OC3=O)O2)O1. The van der Waals surface area contributed by atoms with Crippen LogP contribution in [-0.4, -0.2) is 70.1 Å². The lowest BCUT2D eigenvalue weighted by Gasteiger charge is -2.24. The molecular formula is C37H66O7. The van der Waals surface area contributed by atoms with Crippen molar-refractivity contribution in [3.05, 3.63) is 11.6 Å². The van der Waals surface area contributed by atoms with Crippen LogP contribution in [0.3, 0.4) is 0 Å². The van der Waals surface area contributed by atoms with Crippen LogP contribution < -0.4 is 0 Å². The van der Waals surface area contributed by atoms with Crippen LogP contribution in [0.5, 0.6) is 0 Å². The fourth-order valence-electron chi connectivity index (χ4n) is 7.26. The third kappa shape index (κ3) is 14.2. The Balaban J connectivity index is 1.15. The smallest absolute Gasteiger partial charge is 0.334 e. The molecule has 2 saturated heterocycles. The molecule has 2 fully saturated rings. The molecule has 3 aliphatic heterocycles. The molecule has 3 rings (SSSR count). The lowest BCUT2D eigenvalue weighted by Crippen LogP contribution is -2.33. The molecule has 7 nitrogen and oxygen atoms in total. The van der Waals surface area contributed by atoms with E-state index in [1.54, 1.807) is 0 Å². The van der Waals surface area contributed by atoms with Crippen LogP contribution in [0.15, 0.2) is 11.6 Å². The zero-order chi connectivity index (χ0) is 31.6. The molecule has 0 saturated carbocycles. The number of unbranched alkanes of at least 4 members (excludes halogenated alkanes) is 13. The van der Waals surface area contributed by atoms with Gasteiger partial charge in [0.15, 0.2) is 0 Å². The second-order valence-corrected chi connectivity index (χ2v) is 14.0. The molecule has 0 aromatic carbocycles. The van der Waals surface area contributed by atoms with Gasteiger partial charge in [-0.2, -0.15) is 0 Å². The van der Waals surface area contributed by atoms with Crippen molar-refractivity contribution in [1.82, 2.24) is 0 Å². The number of hydrogen-bond acceptors (Lipinski definition) is 7. The van der Waals surface area contributed by atoms with Crippen LogP contribution in [-0.2, 0) is 19.0 Å². The van der Waals surface area contributed by atoms with Crippen molar-refractivity contribution in [3.8, 4) is 0 Å². The number of carbonyl (C=O) groups is 1. The van der Waals surface area contributed by atoms with Gasteiger partial charge in [0.1, 0.15) is 6.10 Å². The molecule has 8 atom stereocenters. The molecular weight excluding hydrogens is 556 g/mol. The van der Waals surface area contributed by atoms with E-state index in [1.807, 2.05) is 13.0 Å². The zero-order valence-corrected chi connectivity index (χ0v) is 28.1. The Morgan fingerprint density at radius 1 is 0.659 bits per heavy atom. The Kier molecular flexibility index (Phi) is 18.5. The van der Waals surface area contributed by atoms with Crippen LogP contribution in [0.2, 0.25) is 0 Å². The second kappa shape index (κ2) is 21.7. The van der Waals surface area contributed by atoms with E-state index in [0.29, 0.717) is 12.8 Å². The standard InChI is InChI=1S/C37H66O7/c1-3-4-5-6-7-11-14-17-20-31(38)35-25-26-36(44-35)33(40)23-22-32(39)34-24-21-30(43-34)19-16-13-10-8-9-12-15-18-29-27-28(2)42-37(29)41/h27-28,30-36,38-40H,3-26H2,1-2H3/t28-,30+,31+,32-,33+,34+,35-,36+/m0/s1. The van der Waals surface area contributed by atoms with Crippen LogP contribution in [0.25, 0.3) is 0 Å². The molecule has 256 valence electrons. The minimum Gasteiger partial charge on any atom is -0.455 e. The van der Waals surface area contributed by atoms with E-state index >= 15 is 0 Å². The first kappa shape index (κ1) is 37.5. The molecule has 0 aliphatic carbocycles. The van der Waals surface area contributed by atoms with E-state index in [9.17, 15) is 20.1 Å². The van der Waals surface area contributed by atoms with Crippen molar-refractivity contribution in [2.75, 3.05) is 0 Å². The van der Waals surface area contributed by atoms with Gasteiger partial charge in [0, 0.05) is 5.57 Å². The van der Waals surface area contributed by atoms with E-state index in [1.165, 1.54) is 70.6 Å². The number of cyclic esters (lactones) is 1. The monoisotopic (exact) mass is 622 g/mol. The zero-order valence-electron chi connectivity index (χ0n) is 28.1. The van der Waals surface area contributed by atoms with Gasteiger partial charge < -0.3 is 29.5 Å². The van der Waals surface area contributed by atoms with Gasteiger partial charge in [-0.15, -0.1) is 0 Å². The first-order valence-corrected chi connectivity index (χ1v) is 18.6. The summed E-state index contributed by atoms with van der Waals surface area (Å²) in [5.74, 6) is -0.133. The molecule has 0 amide bonds. The predicted molar refractivity (Wildman–Crippen MR) is 175 cm³/mol. The molecule has 0 radical (unpaired) electrons. The van der Waals surface area contributed by atoms with Crippen molar-refractivity contribution in [2.45, 2.75) is 217 Å². The van der Waals surface area contributed by atoms with Crippen LogP contribution in [0.4, 0.5) is 0 Å². The van der Waals surface area contributed by atoms with E-state index in [0.717, 1.165) is 76.2 Å². The third-order valence-corrected chi connectivity index (χ3v) is 10.1. The van der Waals surface area contributed by atoms with Gasteiger partial charge in [-0.3, -0.25) is 0 Å². The highest BCUT2D eigenvalue weighted by Crippen LogP contribution is 2.31. The second-order valence-electron chi connectivity index (χ2n) is 14.0. The number of rotatable bonds is 25. The van der Waals surface area contributed by atoms with Crippen molar-refractivity contribution in [1.29, 1.82) is 0 Å².